The van der Waals surface area contributed by atoms with Crippen molar-refractivity contribution in [3.05, 3.63) is 68.7 Å². The number of hydrogen-bond donors (Lipinski definition) is 1. The van der Waals surface area contributed by atoms with Crippen molar-refractivity contribution in [2.75, 3.05) is 14.1 Å². The van der Waals surface area contributed by atoms with E-state index in [1.54, 1.807) is 12.1 Å². The van der Waals surface area contributed by atoms with Crippen LogP contribution in [0.4, 0.5) is 5.69 Å². The van der Waals surface area contributed by atoms with E-state index in [0.717, 1.165) is 21.9 Å². The van der Waals surface area contributed by atoms with Gasteiger partial charge in [0.25, 0.3) is 5.56 Å². The molecule has 6 heteroatoms. The van der Waals surface area contributed by atoms with Crippen molar-refractivity contribution >= 4 is 38.0 Å². The zero-order valence-corrected chi connectivity index (χ0v) is 16.1. The third-order valence-corrected chi connectivity index (χ3v) is 6.04. The van der Waals surface area contributed by atoms with Crippen LogP contribution in [-0.4, -0.2) is 24.0 Å². The Bertz CT molecular complexity index is 1210. The minimum Gasteiger partial charge on any atom is -0.321 e. The van der Waals surface area contributed by atoms with Crippen LogP contribution in [0.2, 0.25) is 0 Å². The zero-order chi connectivity index (χ0) is 19.1. The fourth-order valence-electron chi connectivity index (χ4n) is 3.43. The molecule has 1 atom stereocenters. The van der Waals surface area contributed by atoms with Crippen LogP contribution in [0.15, 0.2) is 57.8 Å². The molecule has 0 spiro atoms. The number of hydrogen-bond acceptors (Lipinski definition) is 5. The van der Waals surface area contributed by atoms with Crippen molar-refractivity contribution in [2.24, 2.45) is 5.18 Å². The average molecular weight is 377 g/mol. The monoisotopic (exact) mass is 377 g/mol. The second-order valence-corrected chi connectivity index (χ2v) is 7.77. The lowest BCUT2D eigenvalue weighted by molar-refractivity contribution is 0.321. The molecule has 5 nitrogen and oxygen atoms in total. The second kappa shape index (κ2) is 6.72. The number of rotatable bonds is 4. The summed E-state index contributed by atoms with van der Waals surface area (Å²) in [6.45, 7) is 2.14. The molecule has 27 heavy (non-hydrogen) atoms. The van der Waals surface area contributed by atoms with Crippen LogP contribution in [0.3, 0.4) is 0 Å². The second-order valence-electron chi connectivity index (χ2n) is 6.85. The Balaban J connectivity index is 2.01. The molecule has 0 aliphatic heterocycles. The lowest BCUT2D eigenvalue weighted by Gasteiger charge is -2.20. The minimum absolute atomic E-state index is 0.111. The Hall–Kier alpha value is -2.83. The van der Waals surface area contributed by atoms with E-state index >= 15 is 0 Å². The highest BCUT2D eigenvalue weighted by Gasteiger charge is 2.17. The molecule has 136 valence electrons. The quantitative estimate of drug-likeness (QED) is 0.482. The van der Waals surface area contributed by atoms with E-state index in [4.69, 9.17) is 0 Å². The summed E-state index contributed by atoms with van der Waals surface area (Å²) in [6.07, 6.45) is 0. The maximum atomic E-state index is 12.3. The van der Waals surface area contributed by atoms with Crippen LogP contribution in [0.1, 0.15) is 18.5 Å². The van der Waals surface area contributed by atoms with Crippen molar-refractivity contribution < 1.29 is 0 Å². The molecule has 4 rings (SSSR count). The molecule has 4 aromatic rings. The van der Waals surface area contributed by atoms with Crippen LogP contribution in [0, 0.1) is 4.91 Å². The highest BCUT2D eigenvalue weighted by molar-refractivity contribution is 7.17. The minimum atomic E-state index is -0.111. The first kappa shape index (κ1) is 17.6. The van der Waals surface area contributed by atoms with Gasteiger partial charge in [0.1, 0.15) is 10.4 Å². The highest BCUT2D eigenvalue weighted by Crippen LogP contribution is 2.40. The van der Waals surface area contributed by atoms with Crippen LogP contribution < -0.4 is 5.56 Å². The molecule has 0 saturated carbocycles. The van der Waals surface area contributed by atoms with Crippen LogP contribution >= 0.6 is 11.3 Å². The van der Waals surface area contributed by atoms with Gasteiger partial charge in [-0.3, -0.25) is 4.79 Å². The Morgan fingerprint density at radius 1 is 1.07 bits per heavy atom. The normalized spacial score (nSPS) is 12.7. The van der Waals surface area contributed by atoms with Crippen molar-refractivity contribution in [1.29, 1.82) is 0 Å². The number of nitrogens with one attached hydrogen (secondary N) is 1. The Labute approximate surface area is 160 Å². The number of benzene rings is 2. The number of nitrogens with zero attached hydrogens (tertiary/aromatic N) is 2. The Morgan fingerprint density at radius 2 is 1.81 bits per heavy atom. The number of H-pyrrole nitrogens is 1. The molecule has 0 bridgehead atoms. The maximum absolute atomic E-state index is 12.3. The third-order valence-electron chi connectivity index (χ3n) is 5.13. The molecule has 0 radical (unpaired) electrons. The SMILES string of the molecule is C[C@H](c1ccc(-c2c(N=O)ccc3[nH]c(=O)c4sccc4c23)cc1)N(C)C. The first-order valence-corrected chi connectivity index (χ1v) is 9.55. The molecule has 2 aromatic heterocycles. The number of aromatic amines is 1. The third kappa shape index (κ3) is 2.87. The molecule has 1 N–H and O–H groups in total. The zero-order valence-electron chi connectivity index (χ0n) is 15.3. The van der Waals surface area contributed by atoms with Crippen molar-refractivity contribution in [2.45, 2.75) is 13.0 Å². The van der Waals surface area contributed by atoms with E-state index in [0.29, 0.717) is 15.9 Å². The summed E-state index contributed by atoms with van der Waals surface area (Å²) >= 11 is 1.40. The summed E-state index contributed by atoms with van der Waals surface area (Å²) in [5.74, 6) is 0. The van der Waals surface area contributed by atoms with Crippen LogP contribution in [-0.2, 0) is 0 Å². The van der Waals surface area contributed by atoms with Gasteiger partial charge < -0.3 is 9.88 Å². The lowest BCUT2D eigenvalue weighted by atomic mass is 9.95. The molecule has 2 aromatic carbocycles. The van der Waals surface area contributed by atoms with Gasteiger partial charge in [-0.2, -0.15) is 0 Å². The van der Waals surface area contributed by atoms with E-state index in [9.17, 15) is 9.70 Å². The summed E-state index contributed by atoms with van der Waals surface area (Å²) in [5.41, 5.74) is 3.82. The summed E-state index contributed by atoms with van der Waals surface area (Å²) in [5, 5.41) is 6.85. The van der Waals surface area contributed by atoms with E-state index < -0.39 is 0 Å². The van der Waals surface area contributed by atoms with Gasteiger partial charge in [-0.25, -0.2) is 0 Å². The maximum Gasteiger partial charge on any atom is 0.266 e. The number of fused-ring (bicyclic) bond motifs is 3. The fraction of sp³-hybridized carbons (Fsp3) is 0.190. The van der Waals surface area contributed by atoms with Gasteiger partial charge in [0.2, 0.25) is 0 Å². The van der Waals surface area contributed by atoms with Gasteiger partial charge in [0.15, 0.2) is 0 Å². The van der Waals surface area contributed by atoms with Crippen molar-refractivity contribution in [3.8, 4) is 11.1 Å². The summed E-state index contributed by atoms with van der Waals surface area (Å²) < 4.78 is 0.657. The highest BCUT2D eigenvalue weighted by atomic mass is 32.1. The summed E-state index contributed by atoms with van der Waals surface area (Å²) in [4.78, 5) is 28.9. The molecular formula is C21H19N3O2S. The van der Waals surface area contributed by atoms with Gasteiger partial charge in [0, 0.05) is 27.9 Å². The number of thiophene rings is 1. The predicted molar refractivity (Wildman–Crippen MR) is 113 cm³/mol. The first-order valence-electron chi connectivity index (χ1n) is 8.67. The summed E-state index contributed by atoms with van der Waals surface area (Å²) in [7, 11) is 4.09. The van der Waals surface area contributed by atoms with E-state index in [2.05, 4.69) is 34.1 Å². The largest absolute Gasteiger partial charge is 0.321 e. The Morgan fingerprint density at radius 3 is 2.48 bits per heavy atom. The average Bonchev–Trinajstić information content (AvgIpc) is 3.17. The molecular weight excluding hydrogens is 358 g/mol. The smallest absolute Gasteiger partial charge is 0.266 e. The van der Waals surface area contributed by atoms with E-state index in [1.165, 1.54) is 16.9 Å². The van der Waals surface area contributed by atoms with Crippen molar-refractivity contribution in [1.82, 2.24) is 9.88 Å². The van der Waals surface area contributed by atoms with E-state index in [-0.39, 0.29) is 11.6 Å². The molecule has 0 aliphatic rings. The van der Waals surface area contributed by atoms with Gasteiger partial charge >= 0.3 is 0 Å². The number of nitroso groups, excluding NO2 is 1. The molecule has 0 amide bonds. The van der Waals surface area contributed by atoms with E-state index in [1.807, 2.05) is 37.7 Å². The van der Waals surface area contributed by atoms with Gasteiger partial charge in [-0.15, -0.1) is 16.2 Å². The number of pyridine rings is 1. The molecule has 2 heterocycles. The molecule has 0 fully saturated rings. The van der Waals surface area contributed by atoms with Crippen LogP contribution in [0.5, 0.6) is 0 Å². The van der Waals surface area contributed by atoms with Crippen molar-refractivity contribution in [3.63, 3.8) is 0 Å². The molecule has 0 aliphatic carbocycles. The predicted octanol–water partition coefficient (Wildman–Crippen LogP) is 5.43. The molecule has 0 saturated heterocycles. The number of aromatic nitrogens is 1. The summed E-state index contributed by atoms with van der Waals surface area (Å²) in [6, 6.07) is 13.8. The lowest BCUT2D eigenvalue weighted by Crippen LogP contribution is -2.16. The van der Waals surface area contributed by atoms with Crippen LogP contribution in [0.25, 0.3) is 32.1 Å². The first-order chi connectivity index (χ1) is 13.0. The standard InChI is InChI=1S/C21H19N3O2S/c1-12(24(2)3)13-4-6-14(7-5-13)18-17(23-26)9-8-16-19(18)15-10-11-27-20(15)21(25)22-16/h4-12H,1-3H3,(H,22,25)/t12-/m1/s1. The Kier molecular flexibility index (Phi) is 4.37. The van der Waals surface area contributed by atoms with Gasteiger partial charge in [-0.1, -0.05) is 24.3 Å². The van der Waals surface area contributed by atoms with Gasteiger partial charge in [-0.05, 0) is 60.9 Å². The van der Waals surface area contributed by atoms with Gasteiger partial charge in [0.05, 0.1) is 0 Å². The fourth-order valence-corrected chi connectivity index (χ4v) is 4.23. The molecule has 0 unspecified atom stereocenters. The topological polar surface area (TPSA) is 65.5 Å².